The number of hydrogen-bond acceptors (Lipinski definition) is 2. The molecule has 5 heteroatoms. The molecule has 0 aliphatic heterocycles. The lowest BCUT2D eigenvalue weighted by molar-refractivity contribution is -0.118. The number of anilines is 1. The lowest BCUT2D eigenvalue weighted by Gasteiger charge is -2.15. The first-order valence-corrected chi connectivity index (χ1v) is 7.73. The minimum atomic E-state index is -0.541. The van der Waals surface area contributed by atoms with Crippen molar-refractivity contribution in [1.29, 1.82) is 0 Å². The van der Waals surface area contributed by atoms with E-state index in [-0.39, 0.29) is 18.2 Å². The van der Waals surface area contributed by atoms with Crippen LogP contribution in [-0.2, 0) is 4.79 Å². The maximum Gasteiger partial charge on any atom is 0.262 e. The summed E-state index contributed by atoms with van der Waals surface area (Å²) in [5, 5.41) is 2.81. The smallest absolute Gasteiger partial charge is 0.262 e. The van der Waals surface area contributed by atoms with Gasteiger partial charge < -0.3 is 10.1 Å². The summed E-state index contributed by atoms with van der Waals surface area (Å²) in [5.74, 6) is -0.0377. The van der Waals surface area contributed by atoms with Crippen molar-refractivity contribution in [2.45, 2.75) is 26.7 Å². The molecule has 0 saturated heterocycles. The molecule has 0 bridgehead atoms. The molecule has 0 heterocycles. The van der Waals surface area contributed by atoms with Crippen LogP contribution in [0.1, 0.15) is 30.9 Å². The average Bonchev–Trinajstić information content (AvgIpc) is 2.48. The third kappa shape index (κ3) is 4.70. The van der Waals surface area contributed by atoms with Gasteiger partial charge in [-0.3, -0.25) is 4.79 Å². The van der Waals surface area contributed by atoms with Gasteiger partial charge in [0.15, 0.2) is 6.61 Å². The molecule has 2 aromatic rings. The minimum absolute atomic E-state index is 0.0411. The van der Waals surface area contributed by atoms with Gasteiger partial charge in [0.1, 0.15) is 11.6 Å². The lowest BCUT2D eigenvalue weighted by Crippen LogP contribution is -2.21. The third-order valence-electron chi connectivity index (χ3n) is 3.35. The van der Waals surface area contributed by atoms with Gasteiger partial charge in [0.05, 0.1) is 5.69 Å². The molecular formula is C18H19ClFNO2. The Balaban J connectivity index is 2.05. The normalized spacial score (nSPS) is 10.7. The summed E-state index contributed by atoms with van der Waals surface area (Å²) in [6, 6.07) is 9.87. The van der Waals surface area contributed by atoms with Crippen LogP contribution in [0.25, 0.3) is 0 Å². The number of halogens is 2. The van der Waals surface area contributed by atoms with Crippen molar-refractivity contribution in [3.63, 3.8) is 0 Å². The van der Waals surface area contributed by atoms with Crippen molar-refractivity contribution in [3.05, 3.63) is 58.4 Å². The van der Waals surface area contributed by atoms with E-state index in [1.165, 1.54) is 18.2 Å². The fourth-order valence-electron chi connectivity index (χ4n) is 2.17. The van der Waals surface area contributed by atoms with Gasteiger partial charge in [0.25, 0.3) is 5.91 Å². The molecule has 3 nitrogen and oxygen atoms in total. The fraction of sp³-hybridized carbons (Fsp3) is 0.278. The van der Waals surface area contributed by atoms with Gasteiger partial charge in [-0.2, -0.15) is 0 Å². The Labute approximate surface area is 140 Å². The van der Waals surface area contributed by atoms with E-state index in [1.54, 1.807) is 0 Å². The number of amides is 1. The highest BCUT2D eigenvalue weighted by Crippen LogP contribution is 2.27. The highest BCUT2D eigenvalue weighted by Gasteiger charge is 2.12. The number of aryl methyl sites for hydroxylation is 1. The van der Waals surface area contributed by atoms with Crippen molar-refractivity contribution in [3.8, 4) is 5.75 Å². The Morgan fingerprint density at radius 1 is 1.26 bits per heavy atom. The predicted octanol–water partition coefficient (Wildman–Crippen LogP) is 4.93. The molecule has 0 fully saturated rings. The second kappa shape index (κ2) is 7.47. The fourth-order valence-corrected chi connectivity index (χ4v) is 2.34. The SMILES string of the molecule is Cc1ccc(C(C)C)c(OCC(=O)Nc2cc(Cl)ccc2F)c1. The summed E-state index contributed by atoms with van der Waals surface area (Å²) < 4.78 is 19.2. The topological polar surface area (TPSA) is 38.3 Å². The van der Waals surface area contributed by atoms with E-state index in [0.717, 1.165) is 11.1 Å². The van der Waals surface area contributed by atoms with Crippen LogP contribution < -0.4 is 10.1 Å². The van der Waals surface area contributed by atoms with Gasteiger partial charge in [0, 0.05) is 5.02 Å². The van der Waals surface area contributed by atoms with Crippen LogP contribution in [0.4, 0.5) is 10.1 Å². The van der Waals surface area contributed by atoms with E-state index in [0.29, 0.717) is 10.8 Å². The second-order valence-corrected chi connectivity index (χ2v) is 6.09. The molecule has 2 rings (SSSR count). The molecule has 0 aliphatic rings. The van der Waals surface area contributed by atoms with Gasteiger partial charge in [-0.1, -0.05) is 37.6 Å². The zero-order valence-corrected chi connectivity index (χ0v) is 14.1. The van der Waals surface area contributed by atoms with E-state index >= 15 is 0 Å². The van der Waals surface area contributed by atoms with Crippen LogP contribution in [0.15, 0.2) is 36.4 Å². The molecule has 0 atom stereocenters. The Hall–Kier alpha value is -2.07. The number of carbonyl (C=O) groups is 1. The lowest BCUT2D eigenvalue weighted by atomic mass is 10.0. The van der Waals surface area contributed by atoms with Gasteiger partial charge in [0.2, 0.25) is 0 Å². The van der Waals surface area contributed by atoms with Crippen LogP contribution in [0.2, 0.25) is 5.02 Å². The van der Waals surface area contributed by atoms with Crippen LogP contribution in [0.5, 0.6) is 5.75 Å². The third-order valence-corrected chi connectivity index (χ3v) is 3.59. The van der Waals surface area contributed by atoms with Crippen LogP contribution in [0, 0.1) is 12.7 Å². The number of hydrogen-bond donors (Lipinski definition) is 1. The van der Waals surface area contributed by atoms with Gasteiger partial charge in [-0.15, -0.1) is 0 Å². The molecule has 122 valence electrons. The van der Waals surface area contributed by atoms with E-state index in [4.69, 9.17) is 16.3 Å². The van der Waals surface area contributed by atoms with Crippen LogP contribution in [0.3, 0.4) is 0 Å². The molecular weight excluding hydrogens is 317 g/mol. The number of nitrogens with one attached hydrogen (secondary N) is 1. The van der Waals surface area contributed by atoms with E-state index in [1.807, 2.05) is 25.1 Å². The summed E-state index contributed by atoms with van der Waals surface area (Å²) in [6.45, 7) is 5.87. The van der Waals surface area contributed by atoms with Crippen molar-refractivity contribution < 1.29 is 13.9 Å². The molecule has 0 unspecified atom stereocenters. The maximum atomic E-state index is 13.6. The maximum absolute atomic E-state index is 13.6. The molecule has 0 saturated carbocycles. The van der Waals surface area contributed by atoms with Crippen LogP contribution >= 0.6 is 11.6 Å². The Bertz CT molecular complexity index is 716. The molecule has 0 aliphatic carbocycles. The second-order valence-electron chi connectivity index (χ2n) is 5.66. The summed E-state index contributed by atoms with van der Waals surface area (Å²) in [4.78, 5) is 12.0. The average molecular weight is 336 g/mol. The Kier molecular flexibility index (Phi) is 5.61. The standard InChI is InChI=1S/C18H19ClFNO2/c1-11(2)14-6-4-12(3)8-17(14)23-10-18(22)21-16-9-13(19)5-7-15(16)20/h4-9,11H,10H2,1-3H3,(H,21,22). The summed E-state index contributed by atoms with van der Waals surface area (Å²) in [7, 11) is 0. The molecule has 0 spiro atoms. The van der Waals surface area contributed by atoms with E-state index < -0.39 is 11.7 Å². The highest BCUT2D eigenvalue weighted by molar-refractivity contribution is 6.30. The minimum Gasteiger partial charge on any atom is -0.483 e. The summed E-state index contributed by atoms with van der Waals surface area (Å²) in [5.41, 5.74) is 2.11. The molecule has 1 N–H and O–H groups in total. The molecule has 0 radical (unpaired) electrons. The first-order valence-electron chi connectivity index (χ1n) is 7.35. The summed E-state index contributed by atoms with van der Waals surface area (Å²) >= 11 is 5.80. The van der Waals surface area contributed by atoms with Crippen LogP contribution in [-0.4, -0.2) is 12.5 Å². The van der Waals surface area contributed by atoms with E-state index in [9.17, 15) is 9.18 Å². The van der Waals surface area contributed by atoms with Gasteiger partial charge in [-0.25, -0.2) is 4.39 Å². The quantitative estimate of drug-likeness (QED) is 0.841. The zero-order chi connectivity index (χ0) is 17.0. The largest absolute Gasteiger partial charge is 0.483 e. The Morgan fingerprint density at radius 3 is 2.70 bits per heavy atom. The molecule has 23 heavy (non-hydrogen) atoms. The van der Waals surface area contributed by atoms with E-state index in [2.05, 4.69) is 19.2 Å². The van der Waals surface area contributed by atoms with Crippen molar-refractivity contribution in [2.24, 2.45) is 0 Å². The monoisotopic (exact) mass is 335 g/mol. The number of rotatable bonds is 5. The first kappa shape index (κ1) is 17.3. The predicted molar refractivity (Wildman–Crippen MR) is 90.8 cm³/mol. The molecule has 1 amide bonds. The number of ether oxygens (including phenoxy) is 1. The molecule has 0 aromatic heterocycles. The number of benzene rings is 2. The number of carbonyl (C=O) groups excluding carboxylic acids is 1. The van der Waals surface area contributed by atoms with Crippen molar-refractivity contribution in [1.82, 2.24) is 0 Å². The molecule has 2 aromatic carbocycles. The van der Waals surface area contributed by atoms with Gasteiger partial charge in [-0.05, 0) is 48.2 Å². The van der Waals surface area contributed by atoms with Crippen molar-refractivity contribution >= 4 is 23.2 Å². The Morgan fingerprint density at radius 2 is 2.00 bits per heavy atom. The van der Waals surface area contributed by atoms with Gasteiger partial charge >= 0.3 is 0 Å². The first-order chi connectivity index (χ1) is 10.9. The highest BCUT2D eigenvalue weighted by atomic mass is 35.5. The zero-order valence-electron chi connectivity index (χ0n) is 13.3. The van der Waals surface area contributed by atoms with Crippen molar-refractivity contribution in [2.75, 3.05) is 11.9 Å². The summed E-state index contributed by atoms with van der Waals surface area (Å²) in [6.07, 6.45) is 0.